The maximum absolute atomic E-state index is 12.6. The van der Waals surface area contributed by atoms with Gasteiger partial charge in [0.15, 0.2) is 23.0 Å². The molecule has 0 radical (unpaired) electrons. The van der Waals surface area contributed by atoms with Gasteiger partial charge in [-0.3, -0.25) is 9.59 Å². The summed E-state index contributed by atoms with van der Waals surface area (Å²) in [7, 11) is 4.40. The third-order valence-electron chi connectivity index (χ3n) is 5.41. The van der Waals surface area contributed by atoms with E-state index in [1.165, 1.54) is 33.6 Å². The van der Waals surface area contributed by atoms with E-state index in [0.717, 1.165) is 6.42 Å². The predicted molar refractivity (Wildman–Crippen MR) is 148 cm³/mol. The van der Waals surface area contributed by atoms with Crippen LogP contribution >= 0.6 is 0 Å². The fourth-order valence-electron chi connectivity index (χ4n) is 3.37. The maximum Gasteiger partial charge on any atom is 0.343 e. The molecule has 210 valence electrons. The van der Waals surface area contributed by atoms with Crippen molar-refractivity contribution < 1.29 is 38.1 Å². The summed E-state index contributed by atoms with van der Waals surface area (Å²) in [4.78, 5) is 37.0. The van der Waals surface area contributed by atoms with Crippen LogP contribution in [0.1, 0.15) is 39.6 Å². The highest BCUT2D eigenvalue weighted by molar-refractivity contribution is 5.97. The number of carbonyl (C=O) groups is 3. The average molecular weight is 550 g/mol. The van der Waals surface area contributed by atoms with Gasteiger partial charge in [-0.1, -0.05) is 6.92 Å². The quantitative estimate of drug-likeness (QED) is 0.143. The molecule has 0 heterocycles. The highest BCUT2D eigenvalue weighted by Crippen LogP contribution is 2.29. The Balaban J connectivity index is 1.52. The Hall–Kier alpha value is -5.06. The van der Waals surface area contributed by atoms with Gasteiger partial charge in [-0.2, -0.15) is 5.10 Å². The first-order chi connectivity index (χ1) is 19.4. The van der Waals surface area contributed by atoms with E-state index in [4.69, 9.17) is 23.7 Å². The largest absolute Gasteiger partial charge is 0.494 e. The van der Waals surface area contributed by atoms with Crippen molar-refractivity contribution in [2.24, 2.45) is 5.10 Å². The normalized spacial score (nSPS) is 10.5. The van der Waals surface area contributed by atoms with Gasteiger partial charge in [-0.15, -0.1) is 0 Å². The van der Waals surface area contributed by atoms with Gasteiger partial charge in [0, 0.05) is 5.56 Å². The lowest BCUT2D eigenvalue weighted by molar-refractivity contribution is -0.120. The Morgan fingerprint density at radius 1 is 0.800 bits per heavy atom. The number of ether oxygens (including phenoxy) is 5. The van der Waals surface area contributed by atoms with Crippen LogP contribution in [-0.2, 0) is 4.79 Å². The van der Waals surface area contributed by atoms with Gasteiger partial charge in [-0.05, 0) is 72.6 Å². The van der Waals surface area contributed by atoms with Crippen LogP contribution < -0.4 is 34.4 Å². The lowest BCUT2D eigenvalue weighted by atomic mass is 10.2. The van der Waals surface area contributed by atoms with Crippen molar-refractivity contribution in [1.82, 2.24) is 10.7 Å². The number of nitrogens with one attached hydrogen (secondary N) is 2. The molecule has 3 aromatic carbocycles. The first kappa shape index (κ1) is 29.5. The lowest BCUT2D eigenvalue weighted by Crippen LogP contribution is -2.34. The molecule has 0 fully saturated rings. The molecule has 0 aromatic heterocycles. The number of esters is 1. The topological polar surface area (TPSA) is 134 Å². The van der Waals surface area contributed by atoms with E-state index >= 15 is 0 Å². The van der Waals surface area contributed by atoms with Crippen molar-refractivity contribution in [3.8, 4) is 28.7 Å². The zero-order valence-electron chi connectivity index (χ0n) is 22.7. The van der Waals surface area contributed by atoms with Gasteiger partial charge in [0.2, 0.25) is 0 Å². The second-order valence-electron chi connectivity index (χ2n) is 8.22. The molecule has 2 amide bonds. The first-order valence-corrected chi connectivity index (χ1v) is 12.3. The number of methoxy groups -OCH3 is 3. The van der Waals surface area contributed by atoms with Gasteiger partial charge in [0.05, 0.1) is 46.3 Å². The van der Waals surface area contributed by atoms with Crippen molar-refractivity contribution in [2.45, 2.75) is 13.3 Å². The minimum Gasteiger partial charge on any atom is -0.494 e. The minimum absolute atomic E-state index is 0.220. The summed E-state index contributed by atoms with van der Waals surface area (Å²) < 4.78 is 26.7. The smallest absolute Gasteiger partial charge is 0.343 e. The summed E-state index contributed by atoms with van der Waals surface area (Å²) >= 11 is 0. The summed E-state index contributed by atoms with van der Waals surface area (Å²) in [5.74, 6) is 0.524. The molecule has 0 unspecified atom stereocenters. The molecule has 40 heavy (non-hydrogen) atoms. The predicted octanol–water partition coefficient (Wildman–Crippen LogP) is 3.60. The Bertz CT molecular complexity index is 1360. The van der Waals surface area contributed by atoms with Crippen LogP contribution in [0.2, 0.25) is 0 Å². The summed E-state index contributed by atoms with van der Waals surface area (Å²) in [6.45, 7) is 2.31. The number of hydrogen-bond donors (Lipinski definition) is 2. The van der Waals surface area contributed by atoms with Gasteiger partial charge in [0.25, 0.3) is 11.8 Å². The molecule has 0 aliphatic heterocycles. The van der Waals surface area contributed by atoms with Crippen LogP contribution in [0.15, 0.2) is 65.8 Å². The fraction of sp³-hybridized carbons (Fsp3) is 0.241. The molecular formula is C29H31N3O8. The van der Waals surface area contributed by atoms with E-state index in [1.807, 2.05) is 6.92 Å². The van der Waals surface area contributed by atoms with Crippen molar-refractivity contribution in [1.29, 1.82) is 0 Å². The van der Waals surface area contributed by atoms with Gasteiger partial charge >= 0.3 is 5.97 Å². The molecule has 3 rings (SSSR count). The second kappa shape index (κ2) is 14.8. The van der Waals surface area contributed by atoms with Crippen molar-refractivity contribution >= 4 is 24.0 Å². The third-order valence-corrected chi connectivity index (χ3v) is 5.41. The molecule has 0 saturated carbocycles. The Morgan fingerprint density at radius 2 is 1.45 bits per heavy atom. The minimum atomic E-state index is -0.552. The van der Waals surface area contributed by atoms with E-state index in [1.54, 1.807) is 54.6 Å². The monoisotopic (exact) mass is 549 g/mol. The van der Waals surface area contributed by atoms with E-state index in [2.05, 4.69) is 15.8 Å². The Kier molecular flexibility index (Phi) is 10.9. The molecule has 0 spiro atoms. The van der Waals surface area contributed by atoms with E-state index in [0.29, 0.717) is 46.3 Å². The van der Waals surface area contributed by atoms with Crippen LogP contribution in [0.3, 0.4) is 0 Å². The Morgan fingerprint density at radius 3 is 2.12 bits per heavy atom. The zero-order valence-corrected chi connectivity index (χ0v) is 22.7. The number of benzene rings is 3. The van der Waals surface area contributed by atoms with E-state index < -0.39 is 17.8 Å². The average Bonchev–Trinajstić information content (AvgIpc) is 2.99. The summed E-state index contributed by atoms with van der Waals surface area (Å²) in [6, 6.07) is 16.1. The molecule has 2 N–H and O–H groups in total. The van der Waals surface area contributed by atoms with Crippen LogP contribution in [0.25, 0.3) is 0 Å². The molecule has 0 saturated heterocycles. The molecule has 11 heteroatoms. The van der Waals surface area contributed by atoms with Crippen LogP contribution in [0.5, 0.6) is 28.7 Å². The highest BCUT2D eigenvalue weighted by atomic mass is 16.6. The van der Waals surface area contributed by atoms with E-state index in [-0.39, 0.29) is 12.3 Å². The summed E-state index contributed by atoms with van der Waals surface area (Å²) in [6.07, 6.45) is 2.27. The molecule has 0 bridgehead atoms. The molecule has 0 aliphatic carbocycles. The van der Waals surface area contributed by atoms with Crippen LogP contribution in [0, 0.1) is 0 Å². The number of hydrazone groups is 1. The number of nitrogens with zero attached hydrogens (tertiary/aromatic N) is 1. The van der Waals surface area contributed by atoms with Crippen molar-refractivity contribution in [2.75, 3.05) is 34.5 Å². The summed E-state index contributed by atoms with van der Waals surface area (Å²) in [5, 5.41) is 6.41. The van der Waals surface area contributed by atoms with Gasteiger partial charge in [0.1, 0.15) is 5.75 Å². The first-order valence-electron chi connectivity index (χ1n) is 12.3. The molecular weight excluding hydrogens is 518 g/mol. The molecule has 11 nitrogen and oxygen atoms in total. The maximum atomic E-state index is 12.6. The van der Waals surface area contributed by atoms with Crippen LogP contribution in [-0.4, -0.2) is 58.5 Å². The molecule has 0 atom stereocenters. The van der Waals surface area contributed by atoms with E-state index in [9.17, 15) is 14.4 Å². The fourth-order valence-corrected chi connectivity index (χ4v) is 3.37. The van der Waals surface area contributed by atoms with Crippen LogP contribution in [0.4, 0.5) is 0 Å². The molecule has 0 aliphatic rings. The second-order valence-corrected chi connectivity index (χ2v) is 8.22. The molecule has 3 aromatic rings. The van der Waals surface area contributed by atoms with Gasteiger partial charge in [-0.25, -0.2) is 10.2 Å². The van der Waals surface area contributed by atoms with Crippen molar-refractivity contribution in [3.63, 3.8) is 0 Å². The highest BCUT2D eigenvalue weighted by Gasteiger charge is 2.14. The third kappa shape index (κ3) is 8.22. The number of amides is 2. The summed E-state index contributed by atoms with van der Waals surface area (Å²) in [5.41, 5.74) is 3.57. The standard InChI is InChI=1S/C29H31N3O8/c1-5-14-39-22-10-7-20(8-11-22)29(35)40-24-12-6-19(15-25(24)37-3)17-31-32-27(33)18-30-28(34)21-9-13-23(36-2)26(16-21)38-4/h6-13,15-17H,5,14,18H2,1-4H3,(H,30,34)(H,32,33)/b31-17+. The zero-order chi connectivity index (χ0) is 28.9. The Labute approximate surface area is 232 Å². The van der Waals surface area contributed by atoms with Gasteiger partial charge < -0.3 is 29.0 Å². The number of carbonyl (C=O) groups excluding carboxylic acids is 3. The SMILES string of the molecule is CCCOc1ccc(C(=O)Oc2ccc(/C=N/NC(=O)CNC(=O)c3ccc(OC)c(OC)c3)cc2OC)cc1. The number of hydrogen-bond acceptors (Lipinski definition) is 9. The lowest BCUT2D eigenvalue weighted by Gasteiger charge is -2.10. The van der Waals surface area contributed by atoms with Crippen molar-refractivity contribution in [3.05, 3.63) is 77.4 Å². The number of rotatable bonds is 13.